The topological polar surface area (TPSA) is 127 Å². The van der Waals surface area contributed by atoms with Crippen molar-refractivity contribution < 1.29 is 28.0 Å². The number of methoxy groups -OCH3 is 1. The molecule has 0 heterocycles. The molecular formula is C11H14N2O7S. The second-order valence-corrected chi connectivity index (χ2v) is 6.09. The Kier molecular flexibility index (Phi) is 4.86. The van der Waals surface area contributed by atoms with E-state index >= 15 is 0 Å². The second-order valence-electron chi connectivity index (χ2n) is 4.13. The molecule has 0 fully saturated rings. The SMILES string of the molecule is COc1ccc(S(=O)(=O)N(C)C(C)C(=O)O)c([N+](=O)[O-])c1. The summed E-state index contributed by atoms with van der Waals surface area (Å²) in [6.07, 6.45) is 0. The van der Waals surface area contributed by atoms with Crippen LogP contribution in [0.5, 0.6) is 5.75 Å². The standard InChI is InChI=1S/C11H14N2O7S/c1-7(11(14)15)12(2)21(18,19)10-5-4-8(20-3)6-9(10)13(16)17/h4-7H,1-3H3,(H,14,15). The average molecular weight is 318 g/mol. The molecule has 10 heteroatoms. The zero-order valence-electron chi connectivity index (χ0n) is 11.5. The maximum absolute atomic E-state index is 12.3. The lowest BCUT2D eigenvalue weighted by Crippen LogP contribution is -2.40. The van der Waals surface area contributed by atoms with Crippen LogP contribution >= 0.6 is 0 Å². The van der Waals surface area contributed by atoms with Crippen molar-refractivity contribution in [1.29, 1.82) is 0 Å². The van der Waals surface area contributed by atoms with E-state index in [0.717, 1.165) is 26.1 Å². The monoisotopic (exact) mass is 318 g/mol. The number of ether oxygens (including phenoxy) is 1. The first kappa shape index (κ1) is 16.9. The predicted octanol–water partition coefficient (Wildman–Crippen LogP) is 0.697. The molecule has 0 aliphatic carbocycles. The van der Waals surface area contributed by atoms with E-state index in [0.29, 0.717) is 4.31 Å². The highest BCUT2D eigenvalue weighted by molar-refractivity contribution is 7.89. The van der Waals surface area contributed by atoms with Gasteiger partial charge in [-0.25, -0.2) is 8.42 Å². The molecule has 0 aliphatic heterocycles. The van der Waals surface area contributed by atoms with Crippen LogP contribution in [0.1, 0.15) is 6.92 Å². The molecule has 1 atom stereocenters. The number of carboxylic acids is 1. The Morgan fingerprint density at radius 2 is 2.05 bits per heavy atom. The van der Waals surface area contributed by atoms with E-state index in [9.17, 15) is 23.3 Å². The number of hydrogen-bond acceptors (Lipinski definition) is 6. The minimum atomic E-state index is -4.33. The summed E-state index contributed by atoms with van der Waals surface area (Å²) in [5.74, 6) is -1.24. The van der Waals surface area contributed by atoms with Crippen molar-refractivity contribution in [3.8, 4) is 5.75 Å². The van der Waals surface area contributed by atoms with Crippen LogP contribution in [0.3, 0.4) is 0 Å². The number of rotatable bonds is 6. The first-order valence-corrected chi connectivity index (χ1v) is 7.10. The molecule has 0 bridgehead atoms. The quantitative estimate of drug-likeness (QED) is 0.604. The van der Waals surface area contributed by atoms with Gasteiger partial charge in [-0.1, -0.05) is 0 Å². The minimum absolute atomic E-state index is 0.120. The number of nitrogens with zero attached hydrogens (tertiary/aromatic N) is 2. The van der Waals surface area contributed by atoms with Crippen molar-refractivity contribution in [2.24, 2.45) is 0 Å². The van der Waals surface area contributed by atoms with Gasteiger partial charge in [0.15, 0.2) is 4.90 Å². The maximum atomic E-state index is 12.3. The fourth-order valence-corrected chi connectivity index (χ4v) is 2.96. The second kappa shape index (κ2) is 6.06. The Hall–Kier alpha value is -2.20. The number of sulfonamides is 1. The molecule has 0 radical (unpaired) electrons. The van der Waals surface area contributed by atoms with Crippen molar-refractivity contribution in [3.63, 3.8) is 0 Å². The molecule has 0 aliphatic rings. The fourth-order valence-electron chi connectivity index (χ4n) is 1.50. The summed E-state index contributed by atoms with van der Waals surface area (Å²) in [6, 6.07) is 1.86. The van der Waals surface area contributed by atoms with Gasteiger partial charge in [0.2, 0.25) is 10.0 Å². The van der Waals surface area contributed by atoms with E-state index in [4.69, 9.17) is 9.84 Å². The molecule has 116 valence electrons. The van der Waals surface area contributed by atoms with Crippen LogP contribution in [-0.4, -0.2) is 48.9 Å². The fraction of sp³-hybridized carbons (Fsp3) is 0.364. The minimum Gasteiger partial charge on any atom is -0.497 e. The number of carboxylic acid groups (broad SMARTS) is 1. The van der Waals surface area contributed by atoms with Crippen LogP contribution in [0.2, 0.25) is 0 Å². The highest BCUT2D eigenvalue weighted by atomic mass is 32.2. The number of aliphatic carboxylic acids is 1. The summed E-state index contributed by atoms with van der Waals surface area (Å²) in [6.45, 7) is 1.16. The van der Waals surface area contributed by atoms with Gasteiger partial charge in [-0.15, -0.1) is 0 Å². The number of benzene rings is 1. The molecule has 9 nitrogen and oxygen atoms in total. The van der Waals surface area contributed by atoms with Crippen LogP contribution in [0.4, 0.5) is 5.69 Å². The average Bonchev–Trinajstić information content (AvgIpc) is 2.44. The van der Waals surface area contributed by atoms with Crippen LogP contribution in [-0.2, 0) is 14.8 Å². The van der Waals surface area contributed by atoms with E-state index in [1.165, 1.54) is 13.2 Å². The van der Waals surface area contributed by atoms with E-state index in [1.807, 2.05) is 0 Å². The smallest absolute Gasteiger partial charge is 0.321 e. The summed E-state index contributed by atoms with van der Waals surface area (Å²) in [5, 5.41) is 19.9. The molecule has 0 saturated heterocycles. The lowest BCUT2D eigenvalue weighted by molar-refractivity contribution is -0.387. The highest BCUT2D eigenvalue weighted by Gasteiger charge is 2.34. The molecule has 0 aromatic heterocycles. The lowest BCUT2D eigenvalue weighted by Gasteiger charge is -2.20. The van der Waals surface area contributed by atoms with Crippen LogP contribution in [0.15, 0.2) is 23.1 Å². The Bertz CT molecular complexity index is 671. The van der Waals surface area contributed by atoms with Gasteiger partial charge in [0.1, 0.15) is 11.8 Å². The molecule has 1 unspecified atom stereocenters. The number of nitro benzene ring substituents is 1. The largest absolute Gasteiger partial charge is 0.497 e. The summed E-state index contributed by atoms with van der Waals surface area (Å²) < 4.78 is 30.0. The predicted molar refractivity (Wildman–Crippen MR) is 71.7 cm³/mol. The number of hydrogen-bond donors (Lipinski definition) is 1. The normalized spacial score (nSPS) is 13.0. The zero-order valence-corrected chi connectivity index (χ0v) is 12.3. The molecule has 1 rings (SSSR count). The highest BCUT2D eigenvalue weighted by Crippen LogP contribution is 2.30. The van der Waals surface area contributed by atoms with Crippen LogP contribution in [0, 0.1) is 10.1 Å². The Labute approximate surface area is 120 Å². The van der Waals surface area contributed by atoms with Gasteiger partial charge in [0.25, 0.3) is 5.69 Å². The molecule has 21 heavy (non-hydrogen) atoms. The molecule has 0 spiro atoms. The van der Waals surface area contributed by atoms with Gasteiger partial charge in [-0.2, -0.15) is 4.31 Å². The third-order valence-corrected chi connectivity index (χ3v) is 4.90. The van der Waals surface area contributed by atoms with Crippen molar-refractivity contribution in [3.05, 3.63) is 28.3 Å². The van der Waals surface area contributed by atoms with E-state index in [1.54, 1.807) is 0 Å². The van der Waals surface area contributed by atoms with Crippen molar-refractivity contribution >= 4 is 21.7 Å². The van der Waals surface area contributed by atoms with Crippen LogP contribution in [0.25, 0.3) is 0 Å². The lowest BCUT2D eigenvalue weighted by atomic mass is 10.3. The third-order valence-electron chi connectivity index (χ3n) is 2.92. The summed E-state index contributed by atoms with van der Waals surface area (Å²) in [4.78, 5) is 20.4. The van der Waals surface area contributed by atoms with Gasteiger partial charge < -0.3 is 9.84 Å². The van der Waals surface area contributed by atoms with Gasteiger partial charge >= 0.3 is 5.97 Å². The first-order valence-electron chi connectivity index (χ1n) is 5.66. The molecule has 1 aromatic carbocycles. The third kappa shape index (κ3) is 3.28. The van der Waals surface area contributed by atoms with Gasteiger partial charge in [-0.3, -0.25) is 14.9 Å². The number of carbonyl (C=O) groups is 1. The number of nitro groups is 1. The summed E-state index contributed by atoms with van der Waals surface area (Å²) in [7, 11) is -2.00. The molecule has 1 aromatic rings. The van der Waals surface area contributed by atoms with Crippen molar-refractivity contribution in [2.75, 3.05) is 14.2 Å². The molecular weight excluding hydrogens is 304 g/mol. The zero-order chi connectivity index (χ0) is 16.4. The summed E-state index contributed by atoms with van der Waals surface area (Å²) in [5.41, 5.74) is -0.682. The van der Waals surface area contributed by atoms with E-state index in [2.05, 4.69) is 0 Å². The molecule has 0 saturated carbocycles. The van der Waals surface area contributed by atoms with Crippen molar-refractivity contribution in [1.82, 2.24) is 4.31 Å². The molecule has 1 N–H and O–H groups in total. The van der Waals surface area contributed by atoms with Gasteiger partial charge in [-0.05, 0) is 19.1 Å². The summed E-state index contributed by atoms with van der Waals surface area (Å²) >= 11 is 0. The Morgan fingerprint density at radius 3 is 2.48 bits per heavy atom. The van der Waals surface area contributed by atoms with Gasteiger partial charge in [0, 0.05) is 7.05 Å². The maximum Gasteiger partial charge on any atom is 0.321 e. The number of likely N-dealkylation sites (N-methyl/N-ethyl adjacent to an activating group) is 1. The van der Waals surface area contributed by atoms with E-state index in [-0.39, 0.29) is 5.75 Å². The Morgan fingerprint density at radius 1 is 1.48 bits per heavy atom. The van der Waals surface area contributed by atoms with E-state index < -0.39 is 37.5 Å². The van der Waals surface area contributed by atoms with Gasteiger partial charge in [0.05, 0.1) is 18.1 Å². The molecule has 0 amide bonds. The van der Waals surface area contributed by atoms with Crippen molar-refractivity contribution in [2.45, 2.75) is 17.9 Å². The first-order chi connectivity index (χ1) is 9.62. The van der Waals surface area contributed by atoms with Crippen LogP contribution < -0.4 is 4.74 Å². The Balaban J connectivity index is 3.44.